The van der Waals surface area contributed by atoms with Crippen molar-refractivity contribution in [3.8, 4) is 11.5 Å². The van der Waals surface area contributed by atoms with Crippen molar-refractivity contribution in [2.24, 2.45) is 0 Å². The molecule has 0 saturated heterocycles. The molecule has 0 saturated carbocycles. The van der Waals surface area contributed by atoms with E-state index < -0.39 is 0 Å². The first kappa shape index (κ1) is 11.0. The van der Waals surface area contributed by atoms with E-state index in [1.165, 1.54) is 11.6 Å². The molecule has 3 N–H and O–H groups in total. The van der Waals surface area contributed by atoms with Gasteiger partial charge in [-0.1, -0.05) is 19.9 Å². The van der Waals surface area contributed by atoms with Crippen LogP contribution < -0.4 is 0 Å². The van der Waals surface area contributed by atoms with Gasteiger partial charge in [-0.05, 0) is 35.7 Å². The van der Waals surface area contributed by atoms with Gasteiger partial charge in [-0.2, -0.15) is 0 Å². The topological polar surface area (TPSA) is 56.2 Å². The Morgan fingerprint density at radius 1 is 1.00 bits per heavy atom. The van der Waals surface area contributed by atoms with Crippen LogP contribution >= 0.6 is 0 Å². The van der Waals surface area contributed by atoms with Crippen molar-refractivity contribution in [2.45, 2.75) is 19.8 Å². The Morgan fingerprint density at radius 3 is 2.50 bits per heavy atom. The summed E-state index contributed by atoms with van der Waals surface area (Å²) >= 11 is 0. The highest BCUT2D eigenvalue weighted by Crippen LogP contribution is 2.37. The lowest BCUT2D eigenvalue weighted by atomic mass is 10.0. The number of aromatic nitrogens is 1. The van der Waals surface area contributed by atoms with E-state index in [4.69, 9.17) is 0 Å². The van der Waals surface area contributed by atoms with Crippen LogP contribution in [0, 0.1) is 0 Å². The number of aromatic hydroxyl groups is 2. The fourth-order valence-electron chi connectivity index (χ4n) is 2.32. The van der Waals surface area contributed by atoms with Crippen molar-refractivity contribution >= 4 is 21.8 Å². The quantitative estimate of drug-likeness (QED) is 0.567. The first-order chi connectivity index (χ1) is 8.58. The summed E-state index contributed by atoms with van der Waals surface area (Å²) in [5.41, 5.74) is 2.82. The molecule has 0 aliphatic heterocycles. The van der Waals surface area contributed by atoms with E-state index in [1.807, 2.05) is 12.1 Å². The Hall–Kier alpha value is -2.16. The first-order valence-electron chi connectivity index (χ1n) is 6.04. The summed E-state index contributed by atoms with van der Waals surface area (Å²) in [7, 11) is 0. The highest BCUT2D eigenvalue weighted by Gasteiger charge is 2.11. The molecule has 0 amide bonds. The van der Waals surface area contributed by atoms with Crippen LogP contribution in [-0.4, -0.2) is 15.2 Å². The van der Waals surface area contributed by atoms with Gasteiger partial charge in [-0.25, -0.2) is 0 Å². The molecular weight excluding hydrogens is 226 g/mol. The van der Waals surface area contributed by atoms with Crippen LogP contribution in [0.25, 0.3) is 21.8 Å². The Morgan fingerprint density at radius 2 is 1.78 bits per heavy atom. The van der Waals surface area contributed by atoms with E-state index in [-0.39, 0.29) is 11.5 Å². The number of rotatable bonds is 1. The number of phenolic OH excluding ortho intramolecular Hbond substituents is 2. The van der Waals surface area contributed by atoms with E-state index >= 15 is 0 Å². The fraction of sp³-hybridized carbons (Fsp3) is 0.200. The molecule has 0 atom stereocenters. The lowest BCUT2D eigenvalue weighted by molar-refractivity contribution is 0.407. The van der Waals surface area contributed by atoms with Crippen LogP contribution in [0.4, 0.5) is 0 Å². The van der Waals surface area contributed by atoms with E-state index in [2.05, 4.69) is 31.0 Å². The van der Waals surface area contributed by atoms with Crippen LogP contribution in [0.3, 0.4) is 0 Å². The predicted octanol–water partition coefficient (Wildman–Crippen LogP) is 3.86. The maximum absolute atomic E-state index is 9.86. The van der Waals surface area contributed by atoms with E-state index in [0.717, 1.165) is 16.3 Å². The predicted molar refractivity (Wildman–Crippen MR) is 73.2 cm³/mol. The third-order valence-corrected chi connectivity index (χ3v) is 3.42. The Kier molecular flexibility index (Phi) is 2.23. The fourth-order valence-corrected chi connectivity index (χ4v) is 2.32. The normalized spacial score (nSPS) is 11.7. The standard InChI is InChI=1S/C15H15NO2/c1-8(2)9-3-5-12-11(7-9)10-4-6-13(17)15(18)14(10)16-12/h3-8,16-18H,1-2H3. The number of hydrogen-bond donors (Lipinski definition) is 3. The van der Waals surface area contributed by atoms with Gasteiger partial charge >= 0.3 is 0 Å². The second kappa shape index (κ2) is 3.67. The molecule has 0 spiro atoms. The first-order valence-corrected chi connectivity index (χ1v) is 6.04. The summed E-state index contributed by atoms with van der Waals surface area (Å²) in [6.45, 7) is 4.30. The molecule has 0 aliphatic carbocycles. The average molecular weight is 241 g/mol. The molecule has 1 heterocycles. The van der Waals surface area contributed by atoms with Gasteiger partial charge in [0, 0.05) is 16.3 Å². The molecule has 0 radical (unpaired) electrons. The Bertz CT molecular complexity index is 741. The number of benzene rings is 2. The van der Waals surface area contributed by atoms with Crippen molar-refractivity contribution in [2.75, 3.05) is 0 Å². The van der Waals surface area contributed by atoms with Crippen LogP contribution in [-0.2, 0) is 0 Å². The molecule has 0 aliphatic rings. The molecule has 92 valence electrons. The molecule has 3 nitrogen and oxygen atoms in total. The minimum Gasteiger partial charge on any atom is -0.504 e. The van der Waals surface area contributed by atoms with Crippen LogP contribution in [0.1, 0.15) is 25.3 Å². The highest BCUT2D eigenvalue weighted by atomic mass is 16.3. The summed E-state index contributed by atoms with van der Waals surface area (Å²) in [6, 6.07) is 9.58. The number of fused-ring (bicyclic) bond motifs is 3. The van der Waals surface area contributed by atoms with Crippen molar-refractivity contribution in [1.29, 1.82) is 0 Å². The van der Waals surface area contributed by atoms with Crippen molar-refractivity contribution in [3.05, 3.63) is 35.9 Å². The van der Waals surface area contributed by atoms with Gasteiger partial charge in [-0.3, -0.25) is 0 Å². The number of nitrogens with one attached hydrogen (secondary N) is 1. The third kappa shape index (κ3) is 1.44. The van der Waals surface area contributed by atoms with Crippen LogP contribution in [0.5, 0.6) is 11.5 Å². The van der Waals surface area contributed by atoms with E-state index in [9.17, 15) is 10.2 Å². The largest absolute Gasteiger partial charge is 0.504 e. The van der Waals surface area contributed by atoms with Crippen LogP contribution in [0.15, 0.2) is 30.3 Å². The molecular formula is C15H15NO2. The minimum atomic E-state index is -0.0989. The van der Waals surface area contributed by atoms with E-state index in [1.54, 1.807) is 0 Å². The zero-order valence-corrected chi connectivity index (χ0v) is 10.4. The van der Waals surface area contributed by atoms with Gasteiger partial charge in [-0.15, -0.1) is 0 Å². The van der Waals surface area contributed by atoms with Gasteiger partial charge < -0.3 is 15.2 Å². The molecule has 1 aromatic heterocycles. The average Bonchev–Trinajstić information content (AvgIpc) is 2.72. The summed E-state index contributed by atoms with van der Waals surface area (Å²) in [5, 5.41) is 21.4. The zero-order valence-electron chi connectivity index (χ0n) is 10.4. The molecule has 2 aromatic carbocycles. The molecule has 3 aromatic rings. The van der Waals surface area contributed by atoms with Crippen LogP contribution in [0.2, 0.25) is 0 Å². The van der Waals surface area contributed by atoms with Gasteiger partial charge in [0.15, 0.2) is 11.5 Å². The number of hydrogen-bond acceptors (Lipinski definition) is 2. The minimum absolute atomic E-state index is 0.0882. The van der Waals surface area contributed by atoms with Gasteiger partial charge in [0.1, 0.15) is 0 Å². The molecule has 0 unspecified atom stereocenters. The maximum atomic E-state index is 9.86. The van der Waals surface area contributed by atoms with Gasteiger partial charge in [0.2, 0.25) is 0 Å². The smallest absolute Gasteiger partial charge is 0.182 e. The highest BCUT2D eigenvalue weighted by molar-refractivity contribution is 6.09. The lowest BCUT2D eigenvalue weighted by Gasteiger charge is -2.04. The Balaban J connectivity index is 2.42. The van der Waals surface area contributed by atoms with E-state index in [0.29, 0.717) is 11.4 Å². The molecule has 0 fully saturated rings. The summed E-state index contributed by atoms with van der Waals surface area (Å²) in [5.74, 6) is 0.276. The maximum Gasteiger partial charge on any atom is 0.182 e. The van der Waals surface area contributed by atoms with Crippen molar-refractivity contribution in [3.63, 3.8) is 0 Å². The molecule has 3 rings (SSSR count). The van der Waals surface area contributed by atoms with Crippen molar-refractivity contribution < 1.29 is 10.2 Å². The summed E-state index contributed by atoms with van der Waals surface area (Å²) < 4.78 is 0. The summed E-state index contributed by atoms with van der Waals surface area (Å²) in [4.78, 5) is 3.14. The van der Waals surface area contributed by atoms with Crippen molar-refractivity contribution in [1.82, 2.24) is 4.98 Å². The SMILES string of the molecule is CC(C)c1ccc2[nH]c3c(O)c(O)ccc3c2c1. The molecule has 18 heavy (non-hydrogen) atoms. The number of H-pyrrole nitrogens is 1. The number of phenols is 2. The van der Waals surface area contributed by atoms with Gasteiger partial charge in [0.25, 0.3) is 0 Å². The Labute approximate surface area is 105 Å². The second-order valence-electron chi connectivity index (χ2n) is 4.94. The zero-order chi connectivity index (χ0) is 12.9. The van der Waals surface area contributed by atoms with Gasteiger partial charge in [0.05, 0.1) is 5.52 Å². The second-order valence-corrected chi connectivity index (χ2v) is 4.94. The monoisotopic (exact) mass is 241 g/mol. The third-order valence-electron chi connectivity index (χ3n) is 3.42. The molecule has 0 bridgehead atoms. The molecule has 3 heteroatoms. The lowest BCUT2D eigenvalue weighted by Crippen LogP contribution is -1.85. The number of aromatic amines is 1. The summed E-state index contributed by atoms with van der Waals surface area (Å²) in [6.07, 6.45) is 0.